The molecule has 0 unspecified atom stereocenters. The summed E-state index contributed by atoms with van der Waals surface area (Å²) in [6.45, 7) is 2.47. The predicted molar refractivity (Wildman–Crippen MR) is 91.6 cm³/mol. The third-order valence-corrected chi connectivity index (χ3v) is 4.16. The van der Waals surface area contributed by atoms with Crippen LogP contribution >= 0.6 is 0 Å². The lowest BCUT2D eigenvalue weighted by molar-refractivity contribution is -0.137. The van der Waals surface area contributed by atoms with Gasteiger partial charge in [0.1, 0.15) is 0 Å². The molecule has 8 heteroatoms. The molecule has 2 heterocycles. The van der Waals surface area contributed by atoms with Crippen LogP contribution in [0.25, 0.3) is 10.9 Å². The van der Waals surface area contributed by atoms with E-state index >= 15 is 0 Å². The Balaban J connectivity index is 1.69. The summed E-state index contributed by atoms with van der Waals surface area (Å²) in [5.74, 6) is -0.250. The second-order valence-electron chi connectivity index (χ2n) is 6.08. The van der Waals surface area contributed by atoms with Gasteiger partial charge in [-0.1, -0.05) is 6.07 Å². The molecule has 0 bridgehead atoms. The first-order chi connectivity index (χ1) is 12.4. The molecule has 0 atom stereocenters. The Morgan fingerprint density at radius 1 is 1.31 bits per heavy atom. The van der Waals surface area contributed by atoms with Gasteiger partial charge in [0.05, 0.1) is 18.2 Å². The highest BCUT2D eigenvalue weighted by Gasteiger charge is 2.27. The number of carbonyl (C=O) groups is 1. The molecular weight excluding hydrogens is 345 g/mol. The van der Waals surface area contributed by atoms with Gasteiger partial charge in [-0.25, -0.2) is 0 Å². The third-order valence-electron chi connectivity index (χ3n) is 4.16. The Kier molecular flexibility index (Phi) is 5.01. The molecule has 1 N–H and O–H groups in total. The van der Waals surface area contributed by atoms with Crippen molar-refractivity contribution in [2.24, 2.45) is 0 Å². The molecule has 0 fully saturated rings. The molecule has 0 saturated heterocycles. The van der Waals surface area contributed by atoms with E-state index in [2.05, 4.69) is 10.1 Å². The molecular formula is C18H19F3N4O. The number of halogens is 3. The summed E-state index contributed by atoms with van der Waals surface area (Å²) >= 11 is 0. The number of aromatic amines is 1. The quantitative estimate of drug-likeness (QED) is 0.719. The van der Waals surface area contributed by atoms with Crippen LogP contribution in [-0.4, -0.2) is 38.3 Å². The topological polar surface area (TPSA) is 53.9 Å². The number of fused-ring (bicyclic) bond motifs is 1. The SMILES string of the molecule is CCN(Cc1ccc2[nH]ccc2c1)C(=O)c1cnn(CCC(F)(F)F)c1. The highest BCUT2D eigenvalue weighted by molar-refractivity contribution is 5.93. The summed E-state index contributed by atoms with van der Waals surface area (Å²) in [6, 6.07) is 7.87. The van der Waals surface area contributed by atoms with Gasteiger partial charge >= 0.3 is 6.18 Å². The Morgan fingerprint density at radius 2 is 2.12 bits per heavy atom. The summed E-state index contributed by atoms with van der Waals surface area (Å²) in [4.78, 5) is 17.4. The minimum atomic E-state index is -4.25. The molecule has 0 radical (unpaired) electrons. The molecule has 0 aliphatic rings. The molecule has 3 aromatic rings. The van der Waals surface area contributed by atoms with Crippen molar-refractivity contribution in [2.75, 3.05) is 6.54 Å². The van der Waals surface area contributed by atoms with Crippen LogP contribution in [0.3, 0.4) is 0 Å². The molecule has 0 spiro atoms. The fraction of sp³-hybridized carbons (Fsp3) is 0.333. The highest BCUT2D eigenvalue weighted by atomic mass is 19.4. The zero-order valence-corrected chi connectivity index (χ0v) is 14.3. The average molecular weight is 364 g/mol. The Hall–Kier alpha value is -2.77. The molecule has 1 amide bonds. The van der Waals surface area contributed by atoms with Crippen molar-refractivity contribution in [1.29, 1.82) is 0 Å². The zero-order chi connectivity index (χ0) is 18.7. The maximum absolute atomic E-state index is 12.7. The van der Waals surface area contributed by atoms with Crippen LogP contribution in [0.2, 0.25) is 0 Å². The largest absolute Gasteiger partial charge is 0.390 e. The smallest absolute Gasteiger partial charge is 0.361 e. The van der Waals surface area contributed by atoms with Crippen LogP contribution in [0, 0.1) is 0 Å². The minimum absolute atomic E-state index is 0.250. The molecule has 5 nitrogen and oxygen atoms in total. The summed E-state index contributed by atoms with van der Waals surface area (Å²) in [7, 11) is 0. The fourth-order valence-corrected chi connectivity index (χ4v) is 2.77. The van der Waals surface area contributed by atoms with Gasteiger partial charge in [0.15, 0.2) is 0 Å². The highest BCUT2D eigenvalue weighted by Crippen LogP contribution is 2.20. The van der Waals surface area contributed by atoms with Crippen molar-refractivity contribution in [3.8, 4) is 0 Å². The molecule has 138 valence electrons. The Morgan fingerprint density at radius 3 is 2.85 bits per heavy atom. The van der Waals surface area contributed by atoms with Crippen molar-refractivity contribution in [3.05, 3.63) is 54.0 Å². The van der Waals surface area contributed by atoms with Crippen molar-refractivity contribution < 1.29 is 18.0 Å². The first-order valence-corrected chi connectivity index (χ1v) is 8.30. The van der Waals surface area contributed by atoms with E-state index < -0.39 is 12.6 Å². The van der Waals surface area contributed by atoms with Gasteiger partial charge < -0.3 is 9.88 Å². The number of rotatable bonds is 6. The van der Waals surface area contributed by atoms with Crippen LogP contribution in [0.1, 0.15) is 29.3 Å². The van der Waals surface area contributed by atoms with Gasteiger partial charge in [-0.05, 0) is 36.1 Å². The average Bonchev–Trinajstić information content (AvgIpc) is 3.25. The van der Waals surface area contributed by atoms with Crippen molar-refractivity contribution in [3.63, 3.8) is 0 Å². The maximum Gasteiger partial charge on any atom is 0.390 e. The van der Waals surface area contributed by atoms with E-state index in [1.165, 1.54) is 12.4 Å². The third kappa shape index (κ3) is 4.25. The molecule has 0 saturated carbocycles. The molecule has 0 aliphatic carbocycles. The number of aromatic nitrogens is 3. The van der Waals surface area contributed by atoms with Gasteiger partial charge in [0.2, 0.25) is 0 Å². The van der Waals surface area contributed by atoms with E-state index in [1.54, 1.807) is 4.90 Å². The number of carbonyl (C=O) groups excluding carboxylic acids is 1. The Labute approximate surface area is 148 Å². The predicted octanol–water partition coefficient (Wildman–Crippen LogP) is 3.98. The van der Waals surface area contributed by atoms with E-state index in [4.69, 9.17) is 0 Å². The number of alkyl halides is 3. The molecule has 3 rings (SSSR count). The monoisotopic (exact) mass is 364 g/mol. The molecule has 26 heavy (non-hydrogen) atoms. The van der Waals surface area contributed by atoms with Gasteiger partial charge in [-0.2, -0.15) is 18.3 Å². The number of H-pyrrole nitrogens is 1. The van der Waals surface area contributed by atoms with Gasteiger partial charge in [-0.15, -0.1) is 0 Å². The van der Waals surface area contributed by atoms with Crippen LogP contribution < -0.4 is 0 Å². The second-order valence-corrected chi connectivity index (χ2v) is 6.08. The Bertz CT molecular complexity index is 897. The van der Waals surface area contributed by atoms with Crippen molar-refractivity contribution in [2.45, 2.75) is 32.6 Å². The van der Waals surface area contributed by atoms with Crippen molar-refractivity contribution >= 4 is 16.8 Å². The lowest BCUT2D eigenvalue weighted by Gasteiger charge is -2.20. The summed E-state index contributed by atoms with van der Waals surface area (Å²) in [6.07, 6.45) is -0.686. The van der Waals surface area contributed by atoms with Gasteiger partial charge in [0, 0.05) is 37.5 Å². The first kappa shape index (κ1) is 18.0. The van der Waals surface area contributed by atoms with Crippen LogP contribution in [-0.2, 0) is 13.1 Å². The number of hydrogen-bond donors (Lipinski definition) is 1. The lowest BCUT2D eigenvalue weighted by Crippen LogP contribution is -2.30. The van der Waals surface area contributed by atoms with Gasteiger partial charge in [0.25, 0.3) is 5.91 Å². The normalized spacial score (nSPS) is 11.8. The number of aryl methyl sites for hydroxylation is 1. The standard InChI is InChI=1S/C18H19F3N4O/c1-2-24(11-13-3-4-16-14(9-13)5-7-22-16)17(26)15-10-23-25(12-15)8-6-18(19,20)21/h3-5,7,9-10,12,22H,2,6,8,11H2,1H3. The zero-order valence-electron chi connectivity index (χ0n) is 14.3. The molecule has 2 aromatic heterocycles. The molecule has 0 aliphatic heterocycles. The van der Waals surface area contributed by atoms with Crippen LogP contribution in [0.4, 0.5) is 13.2 Å². The minimum Gasteiger partial charge on any atom is -0.361 e. The fourth-order valence-electron chi connectivity index (χ4n) is 2.77. The lowest BCUT2D eigenvalue weighted by atomic mass is 10.1. The number of amides is 1. The van der Waals surface area contributed by atoms with Crippen molar-refractivity contribution in [1.82, 2.24) is 19.7 Å². The van der Waals surface area contributed by atoms with E-state index in [1.807, 2.05) is 37.4 Å². The first-order valence-electron chi connectivity index (χ1n) is 8.30. The number of nitrogens with one attached hydrogen (secondary N) is 1. The second kappa shape index (κ2) is 7.23. The van der Waals surface area contributed by atoms with E-state index in [-0.39, 0.29) is 18.0 Å². The number of nitrogens with zero attached hydrogens (tertiary/aromatic N) is 3. The summed E-state index contributed by atoms with van der Waals surface area (Å²) in [5, 5.41) is 4.92. The number of hydrogen-bond acceptors (Lipinski definition) is 2. The number of benzene rings is 1. The van der Waals surface area contributed by atoms with Crippen LogP contribution in [0.15, 0.2) is 42.9 Å². The van der Waals surface area contributed by atoms with E-state index in [9.17, 15) is 18.0 Å². The molecule has 1 aromatic carbocycles. The summed E-state index contributed by atoms with van der Waals surface area (Å²) < 4.78 is 38.1. The van der Waals surface area contributed by atoms with E-state index in [0.29, 0.717) is 13.1 Å². The summed E-state index contributed by atoms with van der Waals surface area (Å²) in [5.41, 5.74) is 2.29. The van der Waals surface area contributed by atoms with Crippen LogP contribution in [0.5, 0.6) is 0 Å². The van der Waals surface area contributed by atoms with Gasteiger partial charge in [-0.3, -0.25) is 9.48 Å². The van der Waals surface area contributed by atoms with E-state index in [0.717, 1.165) is 21.1 Å². The maximum atomic E-state index is 12.7.